The minimum Gasteiger partial charge on any atom is -0.393 e. The highest BCUT2D eigenvalue weighted by Crippen LogP contribution is 2.26. The first-order valence-corrected chi connectivity index (χ1v) is 8.08. The van der Waals surface area contributed by atoms with Gasteiger partial charge in [-0.2, -0.15) is 0 Å². The van der Waals surface area contributed by atoms with Crippen LogP contribution in [0.4, 0.5) is 0 Å². The molecular weight excluding hydrogens is 274 g/mol. The number of carbonyl (C=O) groups excluding carboxylic acids is 1. The van der Waals surface area contributed by atoms with E-state index in [1.54, 1.807) is 4.90 Å². The molecule has 0 aromatic heterocycles. The first kappa shape index (κ1) is 15.0. The van der Waals surface area contributed by atoms with Crippen LogP contribution in [0, 0.1) is 5.92 Å². The van der Waals surface area contributed by atoms with Gasteiger partial charge in [-0.1, -0.05) is 49.2 Å². The predicted octanol–water partition coefficient (Wildman–Crippen LogP) is 3.46. The summed E-state index contributed by atoms with van der Waals surface area (Å²) in [5, 5.41) is 12.2. The van der Waals surface area contributed by atoms with Gasteiger partial charge in [0.2, 0.25) is 0 Å². The van der Waals surface area contributed by atoms with Gasteiger partial charge in [-0.05, 0) is 29.7 Å². The second-order valence-electron chi connectivity index (χ2n) is 6.32. The van der Waals surface area contributed by atoms with Crippen LogP contribution in [0.2, 0.25) is 0 Å². The molecular formula is C19H23NO2. The molecule has 22 heavy (non-hydrogen) atoms. The van der Waals surface area contributed by atoms with Crippen LogP contribution < -0.4 is 0 Å². The third-order valence-corrected chi connectivity index (χ3v) is 4.74. The van der Waals surface area contributed by atoms with Gasteiger partial charge in [0.15, 0.2) is 0 Å². The van der Waals surface area contributed by atoms with Crippen molar-refractivity contribution in [1.29, 1.82) is 0 Å². The second kappa shape index (κ2) is 6.49. The van der Waals surface area contributed by atoms with E-state index in [2.05, 4.69) is 0 Å². The number of nitrogens with zero attached hydrogens (tertiary/aromatic N) is 1. The largest absolute Gasteiger partial charge is 0.393 e. The zero-order chi connectivity index (χ0) is 15.5. The summed E-state index contributed by atoms with van der Waals surface area (Å²) in [4.78, 5) is 14.5. The van der Waals surface area contributed by atoms with Gasteiger partial charge in [-0.25, -0.2) is 0 Å². The molecule has 0 saturated heterocycles. The van der Waals surface area contributed by atoms with Crippen molar-refractivity contribution in [2.75, 3.05) is 13.6 Å². The molecule has 116 valence electrons. The molecule has 0 spiro atoms. The van der Waals surface area contributed by atoms with E-state index in [1.165, 1.54) is 0 Å². The Morgan fingerprint density at radius 1 is 1.14 bits per heavy atom. The van der Waals surface area contributed by atoms with E-state index in [9.17, 15) is 9.90 Å². The molecule has 1 amide bonds. The Kier molecular flexibility index (Phi) is 4.44. The lowest BCUT2D eigenvalue weighted by Crippen LogP contribution is -2.38. The topological polar surface area (TPSA) is 40.5 Å². The summed E-state index contributed by atoms with van der Waals surface area (Å²) >= 11 is 0. The smallest absolute Gasteiger partial charge is 0.254 e. The number of rotatable bonds is 3. The molecule has 0 aliphatic heterocycles. The van der Waals surface area contributed by atoms with E-state index in [0.717, 1.165) is 42.0 Å². The van der Waals surface area contributed by atoms with E-state index in [4.69, 9.17) is 0 Å². The average Bonchev–Trinajstić information content (AvgIpc) is 2.55. The van der Waals surface area contributed by atoms with Gasteiger partial charge < -0.3 is 10.0 Å². The molecule has 2 aromatic rings. The van der Waals surface area contributed by atoms with Crippen molar-refractivity contribution < 1.29 is 9.90 Å². The van der Waals surface area contributed by atoms with Gasteiger partial charge in [0.1, 0.15) is 0 Å². The molecule has 2 atom stereocenters. The summed E-state index contributed by atoms with van der Waals surface area (Å²) in [5.41, 5.74) is 0.742. The Morgan fingerprint density at radius 2 is 1.86 bits per heavy atom. The van der Waals surface area contributed by atoms with Crippen LogP contribution in [0.15, 0.2) is 42.5 Å². The summed E-state index contributed by atoms with van der Waals surface area (Å²) in [6.45, 7) is 0.628. The molecule has 0 radical (unpaired) electrons. The summed E-state index contributed by atoms with van der Waals surface area (Å²) < 4.78 is 0. The fourth-order valence-electron chi connectivity index (χ4n) is 3.45. The summed E-state index contributed by atoms with van der Waals surface area (Å²) in [7, 11) is 1.84. The van der Waals surface area contributed by atoms with Crippen LogP contribution >= 0.6 is 0 Å². The zero-order valence-electron chi connectivity index (χ0n) is 13.0. The summed E-state index contributed by atoms with van der Waals surface area (Å²) in [6, 6.07) is 13.8. The molecule has 0 heterocycles. The highest BCUT2D eigenvalue weighted by molar-refractivity contribution is 6.06. The van der Waals surface area contributed by atoms with Crippen LogP contribution in [-0.4, -0.2) is 35.6 Å². The molecule has 3 nitrogen and oxygen atoms in total. The number of fused-ring (bicyclic) bond motifs is 1. The van der Waals surface area contributed by atoms with E-state index >= 15 is 0 Å². The Balaban J connectivity index is 1.80. The molecule has 0 bridgehead atoms. The van der Waals surface area contributed by atoms with E-state index in [-0.39, 0.29) is 17.9 Å². The fourth-order valence-corrected chi connectivity index (χ4v) is 3.45. The molecule has 1 saturated carbocycles. The van der Waals surface area contributed by atoms with Gasteiger partial charge >= 0.3 is 0 Å². The highest BCUT2D eigenvalue weighted by atomic mass is 16.3. The number of aliphatic hydroxyl groups is 1. The number of aliphatic hydroxyl groups excluding tert-OH is 1. The molecule has 2 unspecified atom stereocenters. The summed E-state index contributed by atoms with van der Waals surface area (Å²) in [6.07, 6.45) is 3.85. The maximum atomic E-state index is 12.8. The number of hydrogen-bond donors (Lipinski definition) is 1. The fraction of sp³-hybridized carbons (Fsp3) is 0.421. The number of hydrogen-bond acceptors (Lipinski definition) is 2. The van der Waals surface area contributed by atoms with Gasteiger partial charge in [0.05, 0.1) is 6.10 Å². The van der Waals surface area contributed by atoms with E-state index in [0.29, 0.717) is 6.54 Å². The molecule has 1 fully saturated rings. The first-order valence-electron chi connectivity index (χ1n) is 8.08. The third kappa shape index (κ3) is 3.00. The van der Waals surface area contributed by atoms with Gasteiger partial charge in [-0.3, -0.25) is 4.79 Å². The van der Waals surface area contributed by atoms with Crippen molar-refractivity contribution >= 4 is 16.7 Å². The number of benzene rings is 2. The molecule has 3 heteroatoms. The standard InChI is InChI=1S/C19H23NO2/c1-20(13-15-8-3-5-12-18(15)21)19(22)17-11-6-9-14-7-2-4-10-16(14)17/h2,4,6-7,9-11,15,18,21H,3,5,8,12-13H2,1H3. The Labute approximate surface area is 131 Å². The lowest BCUT2D eigenvalue weighted by atomic mass is 9.86. The van der Waals surface area contributed by atoms with Crippen LogP contribution in [0.5, 0.6) is 0 Å². The average molecular weight is 297 g/mol. The SMILES string of the molecule is CN(CC1CCCCC1O)C(=O)c1cccc2ccccc12. The lowest BCUT2D eigenvalue weighted by molar-refractivity contribution is 0.0452. The Morgan fingerprint density at radius 3 is 2.68 bits per heavy atom. The van der Waals surface area contributed by atoms with Crippen molar-refractivity contribution in [3.8, 4) is 0 Å². The van der Waals surface area contributed by atoms with Gasteiger partial charge in [0, 0.05) is 25.1 Å². The van der Waals surface area contributed by atoms with Crippen LogP contribution in [0.1, 0.15) is 36.0 Å². The highest BCUT2D eigenvalue weighted by Gasteiger charge is 2.26. The maximum Gasteiger partial charge on any atom is 0.254 e. The van der Waals surface area contributed by atoms with Crippen LogP contribution in [0.25, 0.3) is 10.8 Å². The second-order valence-corrected chi connectivity index (χ2v) is 6.32. The third-order valence-electron chi connectivity index (χ3n) is 4.74. The number of carbonyl (C=O) groups is 1. The van der Waals surface area contributed by atoms with Crippen LogP contribution in [0.3, 0.4) is 0 Å². The molecule has 3 rings (SSSR count). The maximum absolute atomic E-state index is 12.8. The van der Waals surface area contributed by atoms with E-state index < -0.39 is 0 Å². The van der Waals surface area contributed by atoms with Crippen molar-refractivity contribution in [2.45, 2.75) is 31.8 Å². The summed E-state index contributed by atoms with van der Waals surface area (Å²) in [5.74, 6) is 0.243. The Bertz CT molecular complexity index is 662. The molecule has 2 aromatic carbocycles. The molecule has 1 aliphatic carbocycles. The lowest BCUT2D eigenvalue weighted by Gasteiger charge is -2.31. The van der Waals surface area contributed by atoms with Gasteiger partial charge in [-0.15, -0.1) is 0 Å². The first-order chi connectivity index (χ1) is 10.7. The molecule has 1 aliphatic rings. The zero-order valence-corrected chi connectivity index (χ0v) is 13.0. The minimum atomic E-state index is -0.267. The normalized spacial score (nSPS) is 21.7. The number of amides is 1. The predicted molar refractivity (Wildman–Crippen MR) is 88.9 cm³/mol. The quantitative estimate of drug-likeness (QED) is 0.942. The van der Waals surface area contributed by atoms with Gasteiger partial charge in [0.25, 0.3) is 5.91 Å². The Hall–Kier alpha value is -1.87. The van der Waals surface area contributed by atoms with Crippen molar-refractivity contribution in [3.05, 3.63) is 48.0 Å². The van der Waals surface area contributed by atoms with Crippen molar-refractivity contribution in [1.82, 2.24) is 4.90 Å². The van der Waals surface area contributed by atoms with Crippen LogP contribution in [-0.2, 0) is 0 Å². The monoisotopic (exact) mass is 297 g/mol. The van der Waals surface area contributed by atoms with Crippen molar-refractivity contribution in [2.24, 2.45) is 5.92 Å². The molecule has 1 N–H and O–H groups in total. The van der Waals surface area contributed by atoms with Crippen molar-refractivity contribution in [3.63, 3.8) is 0 Å². The minimum absolute atomic E-state index is 0.0366. The van der Waals surface area contributed by atoms with E-state index in [1.807, 2.05) is 49.5 Å².